The molecular weight excluding hydrogens is 472 g/mol. The molecule has 0 radical (unpaired) electrons. The van der Waals surface area contributed by atoms with Crippen molar-refractivity contribution in [3.8, 4) is 5.69 Å². The number of β-amino-alcohol motifs (C(OH)–C–C–N with tert-alkyl or cyclic N) is 1. The molecule has 0 saturated carbocycles. The van der Waals surface area contributed by atoms with E-state index in [0.717, 1.165) is 36.1 Å². The van der Waals surface area contributed by atoms with Gasteiger partial charge in [0, 0.05) is 24.7 Å². The predicted octanol–water partition coefficient (Wildman–Crippen LogP) is 1.12. The summed E-state index contributed by atoms with van der Waals surface area (Å²) in [6.45, 7) is 3.51. The molecule has 3 heterocycles. The zero-order valence-electron chi connectivity index (χ0n) is 19.2. The molecule has 5 rings (SSSR count). The average molecular weight is 499 g/mol. The number of carbonyl (C=O) groups excluding carboxylic acids is 1. The molecule has 11 nitrogen and oxygen atoms in total. The molecule has 2 atom stereocenters. The lowest BCUT2D eigenvalue weighted by Gasteiger charge is -2.28. The number of benzene rings is 2. The number of ether oxygens (including phenoxy) is 1. The molecule has 0 bridgehead atoms. The fourth-order valence-corrected chi connectivity index (χ4v) is 5.84. The lowest BCUT2D eigenvalue weighted by molar-refractivity contribution is 0.0535. The molecule has 0 amide bonds. The SMILES string of the molecule is Cc1c(C(O)CN2CCCC2CNS(=O)(=O)c2ccc(-n3cnnn3)cc2)ccc2c1COC2=O. The van der Waals surface area contributed by atoms with Crippen LogP contribution in [0.3, 0.4) is 0 Å². The van der Waals surface area contributed by atoms with Crippen LogP contribution in [0.15, 0.2) is 47.6 Å². The number of aliphatic hydroxyl groups excluding tert-OH is 1. The number of aliphatic hydroxyl groups is 1. The number of sulfonamides is 1. The van der Waals surface area contributed by atoms with E-state index in [4.69, 9.17) is 4.74 Å². The first-order chi connectivity index (χ1) is 16.8. The van der Waals surface area contributed by atoms with Crippen LogP contribution < -0.4 is 4.72 Å². The predicted molar refractivity (Wildman–Crippen MR) is 124 cm³/mol. The molecule has 35 heavy (non-hydrogen) atoms. The van der Waals surface area contributed by atoms with E-state index in [1.54, 1.807) is 24.3 Å². The lowest BCUT2D eigenvalue weighted by Crippen LogP contribution is -2.41. The largest absolute Gasteiger partial charge is 0.457 e. The first-order valence-corrected chi connectivity index (χ1v) is 12.9. The van der Waals surface area contributed by atoms with E-state index < -0.39 is 16.1 Å². The van der Waals surface area contributed by atoms with Crippen LogP contribution in [0.5, 0.6) is 0 Å². The van der Waals surface area contributed by atoms with Gasteiger partial charge >= 0.3 is 5.97 Å². The van der Waals surface area contributed by atoms with Gasteiger partial charge < -0.3 is 9.84 Å². The summed E-state index contributed by atoms with van der Waals surface area (Å²) in [5.74, 6) is -0.332. The van der Waals surface area contributed by atoms with Crippen LogP contribution in [0.25, 0.3) is 5.69 Å². The highest BCUT2D eigenvalue weighted by Gasteiger charge is 2.30. The molecule has 184 valence electrons. The van der Waals surface area contributed by atoms with Gasteiger partial charge in [-0.1, -0.05) is 6.07 Å². The summed E-state index contributed by atoms with van der Waals surface area (Å²) >= 11 is 0. The first kappa shape index (κ1) is 23.5. The summed E-state index contributed by atoms with van der Waals surface area (Å²) < 4.78 is 35.0. The molecule has 0 aliphatic carbocycles. The van der Waals surface area contributed by atoms with Crippen molar-refractivity contribution < 1.29 is 23.1 Å². The van der Waals surface area contributed by atoms with Crippen molar-refractivity contribution in [3.05, 3.63) is 65.0 Å². The number of fused-ring (bicyclic) bond motifs is 1. The normalized spacial score (nSPS) is 19.0. The van der Waals surface area contributed by atoms with Crippen molar-refractivity contribution in [2.24, 2.45) is 0 Å². The van der Waals surface area contributed by atoms with Gasteiger partial charge in [-0.3, -0.25) is 4.90 Å². The van der Waals surface area contributed by atoms with Gasteiger partial charge in [0.1, 0.15) is 12.9 Å². The standard InChI is InChI=1S/C23H26N6O5S/c1-15-19(8-9-20-21(15)13-34-23(20)31)22(30)12-28-10-2-3-17(28)11-25-35(32,33)18-6-4-16(5-7-18)29-14-24-26-27-29/h4-9,14,17,22,25,30H,2-3,10-13H2,1H3. The van der Waals surface area contributed by atoms with Crippen molar-refractivity contribution in [1.29, 1.82) is 0 Å². The summed E-state index contributed by atoms with van der Waals surface area (Å²) in [4.78, 5) is 14.1. The Bertz CT molecular complexity index is 1330. The minimum absolute atomic E-state index is 0.0282. The third-order valence-electron chi connectivity index (χ3n) is 6.74. The summed E-state index contributed by atoms with van der Waals surface area (Å²) in [6.07, 6.45) is 2.43. The smallest absolute Gasteiger partial charge is 0.338 e. The van der Waals surface area contributed by atoms with Crippen LogP contribution in [0.4, 0.5) is 0 Å². The molecule has 2 aliphatic rings. The number of aromatic nitrogens is 4. The Balaban J connectivity index is 1.22. The van der Waals surface area contributed by atoms with E-state index in [1.807, 2.05) is 6.92 Å². The van der Waals surface area contributed by atoms with Crippen LogP contribution >= 0.6 is 0 Å². The van der Waals surface area contributed by atoms with Gasteiger partial charge in [-0.05, 0) is 78.2 Å². The second kappa shape index (κ2) is 9.46. The van der Waals surface area contributed by atoms with Gasteiger partial charge in [-0.15, -0.1) is 5.10 Å². The molecule has 0 spiro atoms. The van der Waals surface area contributed by atoms with E-state index in [2.05, 4.69) is 25.1 Å². The number of tetrazole rings is 1. The maximum absolute atomic E-state index is 12.9. The van der Waals surface area contributed by atoms with Crippen LogP contribution in [0, 0.1) is 6.92 Å². The monoisotopic (exact) mass is 498 g/mol. The van der Waals surface area contributed by atoms with Crippen molar-refractivity contribution in [3.63, 3.8) is 0 Å². The number of esters is 1. The van der Waals surface area contributed by atoms with Gasteiger partial charge in [0.25, 0.3) is 0 Å². The summed E-state index contributed by atoms with van der Waals surface area (Å²) in [7, 11) is -3.70. The molecule has 2 unspecified atom stereocenters. The highest BCUT2D eigenvalue weighted by Crippen LogP contribution is 2.30. The number of rotatable bonds is 8. The number of nitrogens with one attached hydrogen (secondary N) is 1. The Labute approximate surface area is 202 Å². The fourth-order valence-electron chi connectivity index (χ4n) is 4.76. The highest BCUT2D eigenvalue weighted by molar-refractivity contribution is 7.89. The Morgan fingerprint density at radius 3 is 2.77 bits per heavy atom. The molecule has 2 aromatic carbocycles. The zero-order valence-corrected chi connectivity index (χ0v) is 20.0. The number of cyclic esters (lactones) is 1. The van der Waals surface area contributed by atoms with Crippen molar-refractivity contribution in [1.82, 2.24) is 29.8 Å². The third kappa shape index (κ3) is 4.69. The highest BCUT2D eigenvalue weighted by atomic mass is 32.2. The minimum atomic E-state index is -3.70. The average Bonchev–Trinajstić information content (AvgIpc) is 3.61. The summed E-state index contributed by atoms with van der Waals surface area (Å²) in [6, 6.07) is 9.76. The molecule has 1 fully saturated rings. The number of carbonyl (C=O) groups is 1. The summed E-state index contributed by atoms with van der Waals surface area (Å²) in [5, 5.41) is 21.9. The van der Waals surface area contributed by atoms with Crippen molar-refractivity contribution in [2.75, 3.05) is 19.6 Å². The van der Waals surface area contributed by atoms with Gasteiger partial charge in [-0.25, -0.2) is 22.6 Å². The van der Waals surface area contributed by atoms with E-state index in [1.165, 1.54) is 23.1 Å². The fraction of sp³-hybridized carbons (Fsp3) is 0.391. The molecule has 1 saturated heterocycles. The second-order valence-corrected chi connectivity index (χ2v) is 10.6. The van der Waals surface area contributed by atoms with Crippen molar-refractivity contribution in [2.45, 2.75) is 43.4 Å². The Hall–Kier alpha value is -3.19. The number of hydrogen-bond donors (Lipinski definition) is 2. The van der Waals surface area contributed by atoms with E-state index >= 15 is 0 Å². The van der Waals surface area contributed by atoms with Crippen LogP contribution in [-0.4, -0.2) is 70.3 Å². The van der Waals surface area contributed by atoms with Gasteiger partial charge in [0.15, 0.2) is 0 Å². The quantitative estimate of drug-likeness (QED) is 0.437. The summed E-state index contributed by atoms with van der Waals surface area (Å²) in [5.41, 5.74) is 3.65. The van der Waals surface area contributed by atoms with E-state index in [9.17, 15) is 18.3 Å². The van der Waals surface area contributed by atoms with Crippen LogP contribution in [-0.2, 0) is 21.4 Å². The number of hydrogen-bond acceptors (Lipinski definition) is 9. The molecule has 1 aromatic heterocycles. The van der Waals surface area contributed by atoms with E-state index in [-0.39, 0.29) is 30.1 Å². The molecule has 3 aromatic rings. The maximum atomic E-state index is 12.9. The lowest BCUT2D eigenvalue weighted by atomic mass is 9.95. The first-order valence-electron chi connectivity index (χ1n) is 11.4. The van der Waals surface area contributed by atoms with E-state index in [0.29, 0.717) is 17.8 Å². The number of likely N-dealkylation sites (tertiary alicyclic amines) is 1. The van der Waals surface area contributed by atoms with Crippen LogP contribution in [0.1, 0.15) is 46.0 Å². The van der Waals surface area contributed by atoms with Gasteiger partial charge in [-0.2, -0.15) is 0 Å². The molecule has 2 N–H and O–H groups in total. The molecule has 12 heteroatoms. The Morgan fingerprint density at radius 2 is 2.03 bits per heavy atom. The Kier molecular flexibility index (Phi) is 6.36. The van der Waals surface area contributed by atoms with Gasteiger partial charge in [0.05, 0.1) is 22.3 Å². The topological polar surface area (TPSA) is 140 Å². The van der Waals surface area contributed by atoms with Gasteiger partial charge in [0.2, 0.25) is 10.0 Å². The maximum Gasteiger partial charge on any atom is 0.338 e. The third-order valence-corrected chi connectivity index (χ3v) is 8.18. The van der Waals surface area contributed by atoms with Crippen molar-refractivity contribution >= 4 is 16.0 Å². The molecular formula is C23H26N6O5S. The van der Waals surface area contributed by atoms with Crippen LogP contribution in [0.2, 0.25) is 0 Å². The second-order valence-electron chi connectivity index (χ2n) is 8.79. The Morgan fingerprint density at radius 1 is 1.23 bits per heavy atom. The molecule has 2 aliphatic heterocycles. The zero-order chi connectivity index (χ0) is 24.6. The minimum Gasteiger partial charge on any atom is -0.457 e. The number of nitrogens with zero attached hydrogens (tertiary/aromatic N) is 5.